The first-order valence-electron chi connectivity index (χ1n) is 8.57. The van der Waals surface area contributed by atoms with Gasteiger partial charge in [0.05, 0.1) is 17.5 Å². The number of nitrogens with zero attached hydrogens (tertiary/aromatic N) is 1. The van der Waals surface area contributed by atoms with E-state index in [9.17, 15) is 13.2 Å². The van der Waals surface area contributed by atoms with Gasteiger partial charge in [-0.3, -0.25) is 4.79 Å². The zero-order valence-electron chi connectivity index (χ0n) is 15.1. The Balaban J connectivity index is 1.95. The fourth-order valence-corrected chi connectivity index (χ4v) is 3.76. The maximum atomic E-state index is 12.1. The smallest absolute Gasteiger partial charge is 0.243 e. The predicted molar refractivity (Wildman–Crippen MR) is 107 cm³/mol. The number of unbranched alkanes of at least 4 members (excludes halogenated alkanes) is 1. The molecule has 0 radical (unpaired) electrons. The first-order valence-corrected chi connectivity index (χ1v) is 11.5. The summed E-state index contributed by atoms with van der Waals surface area (Å²) in [5.74, 6) is -0.542. The summed E-state index contributed by atoms with van der Waals surface area (Å²) < 4.78 is 22.3. The van der Waals surface area contributed by atoms with E-state index in [1.165, 1.54) is 29.7 Å². The van der Waals surface area contributed by atoms with Gasteiger partial charge < -0.3 is 11.1 Å². The van der Waals surface area contributed by atoms with E-state index < -0.39 is 21.8 Å². The lowest BCUT2D eigenvalue weighted by Gasteiger charge is -2.09. The van der Waals surface area contributed by atoms with Crippen molar-refractivity contribution in [3.05, 3.63) is 35.2 Å². The molecule has 1 heterocycles. The third kappa shape index (κ3) is 6.51. The number of hydrogen-bond acceptors (Lipinski definition) is 6. The van der Waals surface area contributed by atoms with Crippen LogP contribution in [0.25, 0.3) is 11.3 Å². The molecule has 1 unspecified atom stereocenters. The number of benzene rings is 1. The highest BCUT2D eigenvalue weighted by Gasteiger charge is 2.17. The van der Waals surface area contributed by atoms with Gasteiger partial charge in [0.25, 0.3) is 0 Å². The number of sulfone groups is 1. The average Bonchev–Trinajstić information content (AvgIpc) is 3.06. The van der Waals surface area contributed by atoms with Crippen molar-refractivity contribution in [2.24, 2.45) is 5.73 Å². The molecule has 0 aliphatic rings. The zero-order valence-corrected chi connectivity index (χ0v) is 16.7. The quantitative estimate of drug-likeness (QED) is 0.680. The Labute approximate surface area is 158 Å². The van der Waals surface area contributed by atoms with E-state index in [-0.39, 0.29) is 12.2 Å². The molecular weight excluding hydrogens is 370 g/mol. The molecule has 2 aromatic rings. The molecule has 1 amide bonds. The van der Waals surface area contributed by atoms with Crippen LogP contribution in [0, 0.1) is 0 Å². The minimum Gasteiger partial charge on any atom is -0.320 e. The van der Waals surface area contributed by atoms with Crippen molar-refractivity contribution in [3.63, 3.8) is 0 Å². The lowest BCUT2D eigenvalue weighted by Crippen LogP contribution is -2.37. The van der Waals surface area contributed by atoms with Gasteiger partial charge >= 0.3 is 0 Å². The van der Waals surface area contributed by atoms with Crippen molar-refractivity contribution in [3.8, 4) is 11.3 Å². The number of carbonyl (C=O) groups is 1. The fourth-order valence-electron chi connectivity index (χ4n) is 2.36. The van der Waals surface area contributed by atoms with E-state index in [2.05, 4.69) is 29.4 Å². The van der Waals surface area contributed by atoms with Crippen LogP contribution >= 0.6 is 11.3 Å². The molecule has 3 N–H and O–H groups in total. The van der Waals surface area contributed by atoms with Gasteiger partial charge in [-0.2, -0.15) is 0 Å². The van der Waals surface area contributed by atoms with Crippen LogP contribution in [0.2, 0.25) is 0 Å². The number of anilines is 1. The second kappa shape index (κ2) is 9.25. The van der Waals surface area contributed by atoms with Crippen LogP contribution in [0.4, 0.5) is 5.13 Å². The monoisotopic (exact) mass is 395 g/mol. The molecule has 0 spiro atoms. The molecule has 0 fully saturated rings. The van der Waals surface area contributed by atoms with Crippen molar-refractivity contribution in [2.75, 3.05) is 17.3 Å². The van der Waals surface area contributed by atoms with Crippen LogP contribution in [-0.4, -0.2) is 37.4 Å². The first-order chi connectivity index (χ1) is 12.3. The van der Waals surface area contributed by atoms with Crippen LogP contribution < -0.4 is 11.1 Å². The minimum absolute atomic E-state index is 0.0854. The van der Waals surface area contributed by atoms with Gasteiger partial charge in [-0.05, 0) is 24.8 Å². The van der Waals surface area contributed by atoms with Crippen LogP contribution in [0.15, 0.2) is 29.6 Å². The molecule has 142 valence electrons. The molecule has 0 saturated carbocycles. The Morgan fingerprint density at radius 1 is 1.31 bits per heavy atom. The van der Waals surface area contributed by atoms with Crippen molar-refractivity contribution in [1.29, 1.82) is 0 Å². The summed E-state index contributed by atoms with van der Waals surface area (Å²) in [4.78, 5) is 16.5. The molecule has 0 aliphatic heterocycles. The Hall–Kier alpha value is -1.77. The van der Waals surface area contributed by atoms with E-state index in [4.69, 9.17) is 5.73 Å². The maximum absolute atomic E-state index is 12.1. The number of thiazole rings is 1. The second-order valence-electron chi connectivity index (χ2n) is 6.35. The second-order valence-corrected chi connectivity index (χ2v) is 9.47. The number of rotatable bonds is 9. The summed E-state index contributed by atoms with van der Waals surface area (Å²) in [7, 11) is -3.14. The molecule has 1 aromatic carbocycles. The van der Waals surface area contributed by atoms with E-state index in [1.807, 2.05) is 17.5 Å². The van der Waals surface area contributed by atoms with E-state index in [0.717, 1.165) is 23.9 Å². The predicted octanol–water partition coefficient (Wildman–Crippen LogP) is 2.85. The molecular formula is C18H25N3O3S2. The molecule has 0 bridgehead atoms. The van der Waals surface area contributed by atoms with Crippen LogP contribution in [0.5, 0.6) is 0 Å². The highest BCUT2D eigenvalue weighted by atomic mass is 32.2. The number of nitrogens with one attached hydrogen (secondary N) is 1. The van der Waals surface area contributed by atoms with E-state index >= 15 is 0 Å². The normalized spacial score (nSPS) is 12.7. The third-order valence-corrected chi connectivity index (χ3v) is 5.67. The molecule has 1 atom stereocenters. The molecule has 26 heavy (non-hydrogen) atoms. The lowest BCUT2D eigenvalue weighted by molar-refractivity contribution is -0.117. The summed E-state index contributed by atoms with van der Waals surface area (Å²) in [6.07, 6.45) is 4.62. The zero-order chi connectivity index (χ0) is 19.2. The van der Waals surface area contributed by atoms with Crippen molar-refractivity contribution in [1.82, 2.24) is 4.98 Å². The van der Waals surface area contributed by atoms with Gasteiger partial charge in [0, 0.05) is 17.2 Å². The molecule has 0 saturated heterocycles. The van der Waals surface area contributed by atoms with Crippen molar-refractivity contribution in [2.45, 2.75) is 38.6 Å². The molecule has 6 nitrogen and oxygen atoms in total. The van der Waals surface area contributed by atoms with Gasteiger partial charge in [-0.25, -0.2) is 13.4 Å². The number of nitrogens with two attached hydrogens (primary N) is 1. The highest BCUT2D eigenvalue weighted by Crippen LogP contribution is 2.25. The summed E-state index contributed by atoms with van der Waals surface area (Å²) in [6, 6.07) is 7.38. The SMILES string of the molecule is CCCCc1ccc(-c2csc(NC(=O)C(N)CCS(C)(=O)=O)n2)cc1. The maximum Gasteiger partial charge on any atom is 0.243 e. The minimum atomic E-state index is -3.14. The Kier molecular flexibility index (Phi) is 7.31. The molecule has 8 heteroatoms. The standard InChI is InChI=1S/C18H25N3O3S2/c1-3-4-5-13-6-8-14(9-7-13)16-12-25-18(20-16)21-17(22)15(19)10-11-26(2,23)24/h6-9,12,15H,3-5,10-11,19H2,1-2H3,(H,20,21,22). The van der Waals surface area contributed by atoms with Crippen LogP contribution in [-0.2, 0) is 21.1 Å². The molecule has 0 aliphatic carbocycles. The van der Waals surface area contributed by atoms with Gasteiger partial charge in [0.1, 0.15) is 9.84 Å². The fraction of sp³-hybridized carbons (Fsp3) is 0.444. The van der Waals surface area contributed by atoms with Crippen LogP contribution in [0.3, 0.4) is 0 Å². The van der Waals surface area contributed by atoms with Gasteiger partial charge in [-0.15, -0.1) is 11.3 Å². The molecule has 1 aromatic heterocycles. The number of aryl methyl sites for hydroxylation is 1. The van der Waals surface area contributed by atoms with Gasteiger partial charge in [0.2, 0.25) is 5.91 Å². The van der Waals surface area contributed by atoms with Gasteiger partial charge in [-0.1, -0.05) is 37.6 Å². The number of aromatic nitrogens is 1. The lowest BCUT2D eigenvalue weighted by atomic mass is 10.1. The first kappa shape index (κ1) is 20.5. The third-order valence-electron chi connectivity index (χ3n) is 3.94. The number of carbonyl (C=O) groups excluding carboxylic acids is 1. The Morgan fingerprint density at radius 3 is 2.62 bits per heavy atom. The summed E-state index contributed by atoms with van der Waals surface area (Å²) in [6.45, 7) is 2.17. The van der Waals surface area contributed by atoms with Crippen LogP contribution in [0.1, 0.15) is 31.7 Å². The van der Waals surface area contributed by atoms with Crippen molar-refractivity contribution >= 4 is 32.2 Å². The van der Waals surface area contributed by atoms with Gasteiger partial charge in [0.15, 0.2) is 5.13 Å². The summed E-state index contributed by atoms with van der Waals surface area (Å²) in [5.41, 5.74) is 8.83. The van der Waals surface area contributed by atoms with E-state index in [0.29, 0.717) is 5.13 Å². The summed E-state index contributed by atoms with van der Waals surface area (Å²) in [5, 5.41) is 4.98. The number of amides is 1. The Morgan fingerprint density at radius 2 is 2.00 bits per heavy atom. The summed E-state index contributed by atoms with van der Waals surface area (Å²) >= 11 is 1.31. The van der Waals surface area contributed by atoms with E-state index in [1.54, 1.807) is 0 Å². The highest BCUT2D eigenvalue weighted by molar-refractivity contribution is 7.90. The largest absolute Gasteiger partial charge is 0.320 e. The molecule has 2 rings (SSSR count). The topological polar surface area (TPSA) is 102 Å². The Bertz CT molecular complexity index is 830. The average molecular weight is 396 g/mol. The number of hydrogen-bond donors (Lipinski definition) is 2. The van der Waals surface area contributed by atoms with Crippen molar-refractivity contribution < 1.29 is 13.2 Å².